The molecule has 5 nitrogen and oxygen atoms in total. The van der Waals surface area contributed by atoms with Crippen molar-refractivity contribution in [1.82, 2.24) is 14.6 Å². The van der Waals surface area contributed by atoms with Crippen LogP contribution < -0.4 is 5.32 Å². The SMILES string of the molecule is O=S(=O)(c1cncc(Cl)c1)N1CCNCC1c1cccc(Cl)c1. The van der Waals surface area contributed by atoms with Gasteiger partial charge >= 0.3 is 0 Å². The third-order valence-corrected chi connectivity index (χ3v) is 6.03. The van der Waals surface area contributed by atoms with Gasteiger partial charge in [-0.3, -0.25) is 4.98 Å². The zero-order chi connectivity index (χ0) is 16.4. The summed E-state index contributed by atoms with van der Waals surface area (Å²) in [6.07, 6.45) is 2.73. The van der Waals surface area contributed by atoms with Gasteiger partial charge in [0.25, 0.3) is 0 Å². The first-order valence-corrected chi connectivity index (χ1v) is 9.26. The Balaban J connectivity index is 2.01. The molecule has 0 bridgehead atoms. The molecule has 2 aromatic rings. The number of halogens is 2. The summed E-state index contributed by atoms with van der Waals surface area (Å²) in [5.74, 6) is 0. The number of pyridine rings is 1. The summed E-state index contributed by atoms with van der Waals surface area (Å²) in [5, 5.41) is 4.10. The van der Waals surface area contributed by atoms with Crippen molar-refractivity contribution in [2.45, 2.75) is 10.9 Å². The van der Waals surface area contributed by atoms with Gasteiger partial charge in [-0.2, -0.15) is 4.31 Å². The molecule has 1 aromatic carbocycles. The molecule has 1 N–H and O–H groups in total. The molecular formula is C15H15Cl2N3O2S. The lowest BCUT2D eigenvalue weighted by Gasteiger charge is -2.35. The second kappa shape index (κ2) is 6.75. The minimum Gasteiger partial charge on any atom is -0.313 e. The van der Waals surface area contributed by atoms with E-state index in [9.17, 15) is 8.42 Å². The molecule has 1 atom stereocenters. The number of rotatable bonds is 3. The quantitative estimate of drug-likeness (QED) is 0.900. The number of sulfonamides is 1. The highest BCUT2D eigenvalue weighted by molar-refractivity contribution is 7.89. The minimum absolute atomic E-state index is 0.0962. The predicted molar refractivity (Wildman–Crippen MR) is 90.2 cm³/mol. The van der Waals surface area contributed by atoms with Gasteiger partial charge in [-0.15, -0.1) is 0 Å². The summed E-state index contributed by atoms with van der Waals surface area (Å²) in [7, 11) is -3.69. The molecule has 8 heteroatoms. The predicted octanol–water partition coefficient (Wildman–Crippen LogP) is 2.72. The van der Waals surface area contributed by atoms with Crippen molar-refractivity contribution in [3.63, 3.8) is 0 Å². The van der Waals surface area contributed by atoms with Crippen LogP contribution in [0.3, 0.4) is 0 Å². The molecule has 1 saturated heterocycles. The smallest absolute Gasteiger partial charge is 0.245 e. The van der Waals surface area contributed by atoms with E-state index in [1.807, 2.05) is 12.1 Å². The Morgan fingerprint density at radius 3 is 2.74 bits per heavy atom. The van der Waals surface area contributed by atoms with Crippen LogP contribution in [0.1, 0.15) is 11.6 Å². The summed E-state index contributed by atoms with van der Waals surface area (Å²) in [6, 6.07) is 8.34. The zero-order valence-electron chi connectivity index (χ0n) is 12.1. The summed E-state index contributed by atoms with van der Waals surface area (Å²) >= 11 is 11.9. The number of benzene rings is 1. The van der Waals surface area contributed by atoms with Crippen molar-refractivity contribution in [2.75, 3.05) is 19.6 Å². The normalized spacial score (nSPS) is 19.7. The third-order valence-electron chi connectivity index (χ3n) is 3.71. The first-order chi connectivity index (χ1) is 11.0. The molecule has 2 heterocycles. The number of hydrogen-bond acceptors (Lipinski definition) is 4. The van der Waals surface area contributed by atoms with E-state index in [1.165, 1.54) is 22.8 Å². The molecule has 0 aliphatic carbocycles. The molecule has 1 aliphatic rings. The van der Waals surface area contributed by atoms with E-state index in [0.717, 1.165) is 5.56 Å². The molecular weight excluding hydrogens is 357 g/mol. The average Bonchev–Trinajstić information content (AvgIpc) is 2.55. The minimum atomic E-state index is -3.69. The summed E-state index contributed by atoms with van der Waals surface area (Å²) in [6.45, 7) is 1.48. The highest BCUT2D eigenvalue weighted by atomic mass is 35.5. The first kappa shape index (κ1) is 16.7. The van der Waals surface area contributed by atoms with E-state index < -0.39 is 10.0 Å². The van der Waals surface area contributed by atoms with Crippen molar-refractivity contribution in [2.24, 2.45) is 0 Å². The van der Waals surface area contributed by atoms with E-state index >= 15 is 0 Å². The van der Waals surface area contributed by atoms with Crippen molar-refractivity contribution >= 4 is 33.2 Å². The van der Waals surface area contributed by atoms with Crippen molar-refractivity contribution in [3.8, 4) is 0 Å². The Kier molecular flexibility index (Phi) is 4.89. The molecule has 3 rings (SSSR count). The Morgan fingerprint density at radius 1 is 1.17 bits per heavy atom. The Morgan fingerprint density at radius 2 is 2.00 bits per heavy atom. The van der Waals surface area contributed by atoms with Gasteiger partial charge in [-0.25, -0.2) is 8.42 Å². The molecule has 1 aromatic heterocycles. The Hall–Kier alpha value is -1.18. The lowest BCUT2D eigenvalue weighted by atomic mass is 10.1. The zero-order valence-corrected chi connectivity index (χ0v) is 14.4. The van der Waals surface area contributed by atoms with Gasteiger partial charge in [0, 0.05) is 37.1 Å². The fourth-order valence-electron chi connectivity index (χ4n) is 2.64. The highest BCUT2D eigenvalue weighted by Crippen LogP contribution is 2.30. The van der Waals surface area contributed by atoms with E-state index in [4.69, 9.17) is 23.2 Å². The fraction of sp³-hybridized carbons (Fsp3) is 0.267. The molecule has 1 fully saturated rings. The number of piperazine rings is 1. The number of hydrogen-bond donors (Lipinski definition) is 1. The molecule has 122 valence electrons. The fourth-order valence-corrected chi connectivity index (χ4v) is 4.68. The lowest BCUT2D eigenvalue weighted by Crippen LogP contribution is -2.48. The highest BCUT2D eigenvalue weighted by Gasteiger charge is 2.34. The van der Waals surface area contributed by atoms with Crippen LogP contribution in [-0.4, -0.2) is 37.3 Å². The van der Waals surface area contributed by atoms with Crippen LogP contribution in [0.15, 0.2) is 47.6 Å². The van der Waals surface area contributed by atoms with E-state index in [-0.39, 0.29) is 10.9 Å². The number of nitrogens with one attached hydrogen (secondary N) is 1. The Bertz CT molecular complexity index is 814. The topological polar surface area (TPSA) is 62.3 Å². The third kappa shape index (κ3) is 3.51. The van der Waals surface area contributed by atoms with Crippen molar-refractivity contribution < 1.29 is 8.42 Å². The summed E-state index contributed by atoms with van der Waals surface area (Å²) in [5.41, 5.74) is 0.850. The van der Waals surface area contributed by atoms with E-state index in [0.29, 0.717) is 29.7 Å². The maximum Gasteiger partial charge on any atom is 0.245 e. The number of nitrogens with zero attached hydrogens (tertiary/aromatic N) is 2. The molecule has 0 saturated carbocycles. The van der Waals surface area contributed by atoms with Crippen molar-refractivity contribution in [1.29, 1.82) is 0 Å². The second-order valence-corrected chi connectivity index (χ2v) is 7.99. The standard InChI is InChI=1S/C15H15Cl2N3O2S/c16-12-3-1-2-11(6-12)15-10-18-4-5-20(15)23(21,22)14-7-13(17)8-19-9-14/h1-3,6-9,15,18H,4-5,10H2. The van der Waals surface area contributed by atoms with Crippen LogP contribution in [0.25, 0.3) is 0 Å². The van der Waals surface area contributed by atoms with Gasteiger partial charge in [0.1, 0.15) is 4.90 Å². The van der Waals surface area contributed by atoms with Crippen molar-refractivity contribution in [3.05, 3.63) is 58.3 Å². The van der Waals surface area contributed by atoms with Gasteiger partial charge in [-0.05, 0) is 23.8 Å². The molecule has 1 unspecified atom stereocenters. The number of aromatic nitrogens is 1. The molecule has 1 aliphatic heterocycles. The first-order valence-electron chi connectivity index (χ1n) is 7.07. The monoisotopic (exact) mass is 371 g/mol. The van der Waals surface area contributed by atoms with Gasteiger partial charge in [0.2, 0.25) is 10.0 Å². The van der Waals surface area contributed by atoms with E-state index in [1.54, 1.807) is 12.1 Å². The second-order valence-electron chi connectivity index (χ2n) is 5.23. The van der Waals surface area contributed by atoms with Gasteiger partial charge < -0.3 is 5.32 Å². The van der Waals surface area contributed by atoms with Crippen LogP contribution in [0.2, 0.25) is 10.0 Å². The van der Waals surface area contributed by atoms with E-state index in [2.05, 4.69) is 10.3 Å². The molecule has 0 radical (unpaired) electrons. The maximum atomic E-state index is 13.0. The van der Waals surface area contributed by atoms with Crippen LogP contribution in [0, 0.1) is 0 Å². The van der Waals surface area contributed by atoms with Gasteiger partial charge in [-0.1, -0.05) is 35.3 Å². The molecule has 0 amide bonds. The van der Waals surface area contributed by atoms with Gasteiger partial charge in [0.15, 0.2) is 0 Å². The van der Waals surface area contributed by atoms with Crippen LogP contribution >= 0.6 is 23.2 Å². The largest absolute Gasteiger partial charge is 0.313 e. The summed E-state index contributed by atoms with van der Waals surface area (Å²) < 4.78 is 27.4. The Labute approximate surface area is 145 Å². The van der Waals surface area contributed by atoms with Crippen LogP contribution in [-0.2, 0) is 10.0 Å². The molecule has 23 heavy (non-hydrogen) atoms. The van der Waals surface area contributed by atoms with Gasteiger partial charge in [0.05, 0.1) is 11.1 Å². The lowest BCUT2D eigenvalue weighted by molar-refractivity contribution is 0.271. The average molecular weight is 372 g/mol. The molecule has 0 spiro atoms. The van der Waals surface area contributed by atoms with Crippen LogP contribution in [0.5, 0.6) is 0 Å². The van der Waals surface area contributed by atoms with Crippen LogP contribution in [0.4, 0.5) is 0 Å². The summed E-state index contributed by atoms with van der Waals surface area (Å²) in [4.78, 5) is 3.98. The maximum absolute atomic E-state index is 13.0.